The molecule has 5 nitrogen and oxygen atoms in total. The van der Waals surface area contributed by atoms with Crippen LogP contribution in [-0.4, -0.2) is 9.61 Å². The third kappa shape index (κ3) is 3.00. The number of nitrogens with one attached hydrogen (secondary N) is 1. The molecule has 2 heterocycles. The molecule has 0 unspecified atom stereocenters. The second-order valence-electron chi connectivity index (χ2n) is 6.13. The van der Waals surface area contributed by atoms with Crippen LogP contribution in [0.15, 0.2) is 71.3 Å². The van der Waals surface area contributed by atoms with Gasteiger partial charge in [0.05, 0.1) is 28.3 Å². The first-order valence-corrected chi connectivity index (χ1v) is 9.38. The van der Waals surface area contributed by atoms with Crippen LogP contribution in [0.3, 0.4) is 0 Å². The minimum Gasteiger partial charge on any atom is -0.375 e. The van der Waals surface area contributed by atoms with Crippen LogP contribution in [0.5, 0.6) is 0 Å². The van der Waals surface area contributed by atoms with E-state index in [1.165, 1.54) is 0 Å². The molecule has 0 radical (unpaired) electrons. The van der Waals surface area contributed by atoms with E-state index in [-0.39, 0.29) is 0 Å². The lowest BCUT2D eigenvalue weighted by molar-refractivity contribution is 0.946. The van der Waals surface area contributed by atoms with Crippen LogP contribution < -0.4 is 5.32 Å². The van der Waals surface area contributed by atoms with Crippen LogP contribution >= 0.6 is 15.9 Å². The zero-order valence-corrected chi connectivity index (χ0v) is 16.3. The van der Waals surface area contributed by atoms with Gasteiger partial charge < -0.3 is 5.32 Å². The van der Waals surface area contributed by atoms with Crippen LogP contribution in [-0.2, 0) is 6.54 Å². The Bertz CT molecular complexity index is 1230. The molecule has 0 saturated carbocycles. The third-order valence-electron chi connectivity index (χ3n) is 4.47. The molecule has 0 saturated heterocycles. The number of benzene rings is 2. The molecule has 4 rings (SSSR count). The van der Waals surface area contributed by atoms with Crippen molar-refractivity contribution in [2.45, 2.75) is 6.54 Å². The maximum atomic E-state index is 9.90. The summed E-state index contributed by atoms with van der Waals surface area (Å²) in [6.07, 6.45) is 1.65. The van der Waals surface area contributed by atoms with E-state index in [2.05, 4.69) is 37.3 Å². The van der Waals surface area contributed by atoms with Crippen molar-refractivity contribution in [1.29, 1.82) is 5.26 Å². The van der Waals surface area contributed by atoms with Gasteiger partial charge in [-0.05, 0) is 27.1 Å². The van der Waals surface area contributed by atoms with E-state index in [1.807, 2.05) is 60.7 Å². The number of hydrogen-bond donors (Lipinski definition) is 1. The van der Waals surface area contributed by atoms with Crippen LogP contribution in [0.4, 0.5) is 11.5 Å². The molecule has 1 N–H and O–H groups in total. The van der Waals surface area contributed by atoms with Crippen LogP contribution in [0.25, 0.3) is 21.5 Å². The predicted octanol–water partition coefficient (Wildman–Crippen LogP) is 5.80. The monoisotopic (exact) mass is 427 g/mol. The van der Waals surface area contributed by atoms with E-state index in [0.717, 1.165) is 11.1 Å². The van der Waals surface area contributed by atoms with E-state index >= 15 is 0 Å². The van der Waals surface area contributed by atoms with Crippen LogP contribution in [0.2, 0.25) is 0 Å². The number of rotatable bonds is 4. The van der Waals surface area contributed by atoms with Gasteiger partial charge in [0.25, 0.3) is 0 Å². The fourth-order valence-corrected chi connectivity index (χ4v) is 3.68. The normalized spacial score (nSPS) is 10.4. The maximum absolute atomic E-state index is 9.90. The van der Waals surface area contributed by atoms with Gasteiger partial charge >= 0.3 is 0 Å². The average Bonchev–Trinajstić information content (AvgIpc) is 3.14. The van der Waals surface area contributed by atoms with Crippen molar-refractivity contribution >= 4 is 33.0 Å². The Morgan fingerprint density at radius 2 is 1.79 bits per heavy atom. The van der Waals surface area contributed by atoms with E-state index in [9.17, 15) is 5.26 Å². The zero-order chi connectivity index (χ0) is 19.5. The van der Waals surface area contributed by atoms with Gasteiger partial charge in [-0.2, -0.15) is 10.4 Å². The first-order chi connectivity index (χ1) is 13.7. The summed E-state index contributed by atoms with van der Waals surface area (Å²) in [5.74, 6) is 0.567. The van der Waals surface area contributed by atoms with Crippen LogP contribution in [0.1, 0.15) is 11.1 Å². The molecule has 0 aliphatic rings. The van der Waals surface area contributed by atoms with Gasteiger partial charge in [0.2, 0.25) is 5.69 Å². The van der Waals surface area contributed by atoms with Gasteiger partial charge in [-0.25, -0.2) is 9.36 Å². The third-order valence-corrected chi connectivity index (χ3v) is 5.05. The van der Waals surface area contributed by atoms with Gasteiger partial charge in [0.1, 0.15) is 11.9 Å². The smallest absolute Gasteiger partial charge is 0.237 e. The summed E-state index contributed by atoms with van der Waals surface area (Å²) in [6, 6.07) is 21.8. The van der Waals surface area contributed by atoms with E-state index in [4.69, 9.17) is 6.57 Å². The molecule has 0 spiro atoms. The highest BCUT2D eigenvalue weighted by atomic mass is 79.9. The fourth-order valence-electron chi connectivity index (χ4n) is 3.22. The van der Waals surface area contributed by atoms with Crippen LogP contribution in [0, 0.1) is 17.9 Å². The average molecular weight is 428 g/mol. The largest absolute Gasteiger partial charge is 0.375 e. The highest BCUT2D eigenvalue weighted by Gasteiger charge is 2.23. The van der Waals surface area contributed by atoms with Gasteiger partial charge in [0.15, 0.2) is 0 Å². The summed E-state index contributed by atoms with van der Waals surface area (Å²) >= 11 is 3.50. The summed E-state index contributed by atoms with van der Waals surface area (Å²) in [7, 11) is 0. The molecule has 2 aromatic heterocycles. The van der Waals surface area contributed by atoms with Gasteiger partial charge in [-0.15, -0.1) is 0 Å². The van der Waals surface area contributed by atoms with E-state index in [1.54, 1.807) is 10.7 Å². The number of pyridine rings is 1. The Balaban J connectivity index is 1.99. The van der Waals surface area contributed by atoms with Crippen molar-refractivity contribution in [2.24, 2.45) is 0 Å². The molecule has 28 heavy (non-hydrogen) atoms. The minimum atomic E-state index is 0.377. The van der Waals surface area contributed by atoms with Gasteiger partial charge in [-0.1, -0.05) is 60.7 Å². The predicted molar refractivity (Wildman–Crippen MR) is 113 cm³/mol. The fraction of sp³-hybridized carbons (Fsp3) is 0.0455. The molecule has 0 bridgehead atoms. The van der Waals surface area contributed by atoms with Crippen molar-refractivity contribution in [3.63, 3.8) is 0 Å². The lowest BCUT2D eigenvalue weighted by Crippen LogP contribution is -2.07. The Morgan fingerprint density at radius 3 is 2.43 bits per heavy atom. The van der Waals surface area contributed by atoms with Crippen molar-refractivity contribution in [3.05, 3.63) is 93.9 Å². The molecule has 0 aliphatic carbocycles. The Labute approximate surface area is 170 Å². The van der Waals surface area contributed by atoms with Gasteiger partial charge in [0, 0.05) is 12.1 Å². The van der Waals surface area contributed by atoms with E-state index < -0.39 is 0 Å². The van der Waals surface area contributed by atoms with Crippen molar-refractivity contribution < 1.29 is 0 Å². The molecule has 0 amide bonds. The molecule has 2 aromatic carbocycles. The summed E-state index contributed by atoms with van der Waals surface area (Å²) in [4.78, 5) is 3.79. The Kier molecular flexibility index (Phi) is 4.80. The number of hydrogen-bond acceptors (Lipinski definition) is 3. The second kappa shape index (κ2) is 7.56. The number of nitrogens with zero attached hydrogens (tertiary/aromatic N) is 4. The lowest BCUT2D eigenvalue weighted by atomic mass is 9.98. The Hall–Kier alpha value is -3.61. The van der Waals surface area contributed by atoms with E-state index in [0.29, 0.717) is 39.2 Å². The first-order valence-electron chi connectivity index (χ1n) is 8.58. The minimum absolute atomic E-state index is 0.377. The summed E-state index contributed by atoms with van der Waals surface area (Å²) in [5, 5.41) is 17.7. The number of nitriles is 1. The maximum Gasteiger partial charge on any atom is 0.237 e. The first kappa shape index (κ1) is 17.8. The molecule has 0 fully saturated rings. The molecule has 4 aromatic rings. The van der Waals surface area contributed by atoms with Gasteiger partial charge in [-0.3, -0.25) is 0 Å². The summed E-state index contributed by atoms with van der Waals surface area (Å²) in [5.41, 5.74) is 3.96. The highest BCUT2D eigenvalue weighted by molar-refractivity contribution is 9.10. The number of aromatic nitrogens is 2. The standard InChI is InChI=1S/C22H14BrN5/c1-25-20-19(16-10-6-3-7-11-16)17(12-24)21-18(23)14-27-28(21)22(20)26-13-15-8-4-2-5-9-15/h2-11,14,26H,13H2. The molecule has 6 heteroatoms. The van der Waals surface area contributed by atoms with Crippen molar-refractivity contribution in [3.8, 4) is 17.2 Å². The SMILES string of the molecule is [C-]#[N+]c1c(-c2ccccc2)c(C#N)c2c(Br)cnn2c1NCc1ccccc1. The molecule has 0 atom stereocenters. The molecule has 0 aliphatic heterocycles. The van der Waals surface area contributed by atoms with Crippen molar-refractivity contribution in [2.75, 3.05) is 5.32 Å². The summed E-state index contributed by atoms with van der Waals surface area (Å²) < 4.78 is 2.34. The van der Waals surface area contributed by atoms with Crippen molar-refractivity contribution in [1.82, 2.24) is 9.61 Å². The lowest BCUT2D eigenvalue weighted by Gasteiger charge is -2.16. The summed E-state index contributed by atoms with van der Waals surface area (Å²) in [6.45, 7) is 8.37. The highest BCUT2D eigenvalue weighted by Crippen LogP contribution is 2.43. The molecular weight excluding hydrogens is 414 g/mol. The zero-order valence-electron chi connectivity index (χ0n) is 14.7. The Morgan fingerprint density at radius 1 is 1.11 bits per heavy atom. The quantitative estimate of drug-likeness (QED) is 0.418. The number of halogens is 1. The molecule has 134 valence electrons. The number of anilines is 1. The number of fused-ring (bicyclic) bond motifs is 1. The molecular formula is C22H14BrN5. The second-order valence-corrected chi connectivity index (χ2v) is 6.98. The topological polar surface area (TPSA) is 57.5 Å².